The summed E-state index contributed by atoms with van der Waals surface area (Å²) >= 11 is 0. The summed E-state index contributed by atoms with van der Waals surface area (Å²) < 4.78 is 24.9. The van der Waals surface area contributed by atoms with E-state index in [1.807, 2.05) is 26.8 Å². The van der Waals surface area contributed by atoms with Crippen molar-refractivity contribution in [3.8, 4) is 0 Å². The summed E-state index contributed by atoms with van der Waals surface area (Å²) in [5.74, 6) is -0.201. The van der Waals surface area contributed by atoms with E-state index in [2.05, 4.69) is 5.32 Å². The van der Waals surface area contributed by atoms with E-state index in [0.717, 1.165) is 0 Å². The molecule has 1 amide bonds. The Morgan fingerprint density at radius 2 is 1.75 bits per heavy atom. The van der Waals surface area contributed by atoms with Crippen LogP contribution in [0.3, 0.4) is 0 Å². The molecule has 0 radical (unpaired) electrons. The zero-order chi connectivity index (χ0) is 15.4. The molecule has 1 rings (SSSR count). The normalized spacial score (nSPS) is 12.4. The van der Waals surface area contributed by atoms with Gasteiger partial charge in [0.2, 0.25) is 10.0 Å². The minimum absolute atomic E-state index is 0.201. The number of nitrogens with one attached hydrogen (secondary N) is 1. The number of sulfonamides is 1. The Balaban J connectivity index is 2.61. The van der Waals surface area contributed by atoms with Gasteiger partial charge in [0.15, 0.2) is 0 Å². The summed E-state index contributed by atoms with van der Waals surface area (Å²) in [6.07, 6.45) is 1.18. The van der Waals surface area contributed by atoms with Crippen LogP contribution in [0.2, 0.25) is 0 Å². The summed E-state index contributed by atoms with van der Waals surface area (Å²) in [5, 5.41) is 2.73. The third kappa shape index (κ3) is 4.94. The number of benzene rings is 1. The lowest BCUT2D eigenvalue weighted by Gasteiger charge is -2.33. The van der Waals surface area contributed by atoms with Gasteiger partial charge in [0.25, 0.3) is 5.91 Å². The standard InChI is InChI=1S/C14H22N2O3S/c1-14(2,3)16(20(4,18)19)11-10-15-13(17)12-8-6-5-7-9-12/h5-9H,10-11H2,1-4H3,(H,15,17). The van der Waals surface area contributed by atoms with Crippen LogP contribution in [0.5, 0.6) is 0 Å². The fourth-order valence-corrected chi connectivity index (χ4v) is 3.38. The van der Waals surface area contributed by atoms with Crippen molar-refractivity contribution in [2.75, 3.05) is 19.3 Å². The molecule has 0 aromatic heterocycles. The molecule has 1 N–H and O–H groups in total. The quantitative estimate of drug-likeness (QED) is 0.895. The van der Waals surface area contributed by atoms with Crippen molar-refractivity contribution in [1.29, 1.82) is 0 Å². The SMILES string of the molecule is CC(C)(C)N(CCNC(=O)c1ccccc1)S(C)(=O)=O. The Morgan fingerprint density at radius 1 is 1.20 bits per heavy atom. The van der Waals surface area contributed by atoms with Gasteiger partial charge in [-0.25, -0.2) is 8.42 Å². The first-order valence-corrected chi connectivity index (χ1v) is 8.28. The van der Waals surface area contributed by atoms with Crippen molar-refractivity contribution in [2.24, 2.45) is 0 Å². The summed E-state index contributed by atoms with van der Waals surface area (Å²) in [6.45, 7) is 6.01. The Labute approximate surface area is 121 Å². The monoisotopic (exact) mass is 298 g/mol. The van der Waals surface area contributed by atoms with E-state index >= 15 is 0 Å². The van der Waals surface area contributed by atoms with E-state index in [1.54, 1.807) is 24.3 Å². The van der Waals surface area contributed by atoms with Crippen LogP contribution < -0.4 is 5.32 Å². The van der Waals surface area contributed by atoms with Gasteiger partial charge in [-0.15, -0.1) is 0 Å². The molecule has 0 heterocycles. The van der Waals surface area contributed by atoms with Crippen LogP contribution in [0.1, 0.15) is 31.1 Å². The van der Waals surface area contributed by atoms with E-state index in [9.17, 15) is 13.2 Å². The number of carbonyl (C=O) groups is 1. The van der Waals surface area contributed by atoms with Gasteiger partial charge in [0.1, 0.15) is 0 Å². The molecule has 5 nitrogen and oxygen atoms in total. The number of hydrogen-bond acceptors (Lipinski definition) is 3. The average molecular weight is 298 g/mol. The number of rotatable bonds is 5. The smallest absolute Gasteiger partial charge is 0.251 e. The first-order valence-electron chi connectivity index (χ1n) is 6.43. The van der Waals surface area contributed by atoms with Crippen LogP contribution in [0, 0.1) is 0 Å². The van der Waals surface area contributed by atoms with Crippen LogP contribution in [0.25, 0.3) is 0 Å². The second-order valence-electron chi connectivity index (χ2n) is 5.63. The predicted molar refractivity (Wildman–Crippen MR) is 80.1 cm³/mol. The van der Waals surface area contributed by atoms with Crippen LogP contribution >= 0.6 is 0 Å². The van der Waals surface area contributed by atoms with Crippen molar-refractivity contribution in [2.45, 2.75) is 26.3 Å². The molecule has 0 unspecified atom stereocenters. The number of hydrogen-bond donors (Lipinski definition) is 1. The molecule has 0 spiro atoms. The van der Waals surface area contributed by atoms with Crippen molar-refractivity contribution >= 4 is 15.9 Å². The maximum atomic E-state index is 11.8. The molecule has 0 aliphatic heterocycles. The Hall–Kier alpha value is -1.40. The number of carbonyl (C=O) groups excluding carboxylic acids is 1. The minimum Gasteiger partial charge on any atom is -0.351 e. The largest absolute Gasteiger partial charge is 0.351 e. The number of nitrogens with zero attached hydrogens (tertiary/aromatic N) is 1. The highest BCUT2D eigenvalue weighted by atomic mass is 32.2. The maximum absolute atomic E-state index is 11.8. The highest BCUT2D eigenvalue weighted by Gasteiger charge is 2.28. The zero-order valence-electron chi connectivity index (χ0n) is 12.4. The molecule has 6 heteroatoms. The Kier molecular flexibility index (Phi) is 5.30. The molecular formula is C14H22N2O3S. The molecule has 0 saturated heterocycles. The molecule has 20 heavy (non-hydrogen) atoms. The summed E-state index contributed by atoms with van der Waals surface area (Å²) in [6, 6.07) is 8.84. The number of amides is 1. The molecule has 0 fully saturated rings. The van der Waals surface area contributed by atoms with Crippen LogP contribution in [-0.2, 0) is 10.0 Å². The van der Waals surface area contributed by atoms with E-state index in [1.165, 1.54) is 10.6 Å². The Bertz CT molecular complexity index is 548. The summed E-state index contributed by atoms with van der Waals surface area (Å²) in [5.41, 5.74) is 0.0552. The van der Waals surface area contributed by atoms with Gasteiger partial charge in [-0.05, 0) is 32.9 Å². The topological polar surface area (TPSA) is 66.5 Å². The van der Waals surface area contributed by atoms with Gasteiger partial charge < -0.3 is 5.32 Å². The van der Waals surface area contributed by atoms with Gasteiger partial charge in [0, 0.05) is 24.2 Å². The maximum Gasteiger partial charge on any atom is 0.251 e. The molecule has 1 aromatic rings. The molecule has 0 atom stereocenters. The second-order valence-corrected chi connectivity index (χ2v) is 7.53. The van der Waals surface area contributed by atoms with Gasteiger partial charge in [-0.1, -0.05) is 18.2 Å². The first-order chi connectivity index (χ1) is 9.12. The lowest BCUT2D eigenvalue weighted by molar-refractivity contribution is 0.0948. The van der Waals surface area contributed by atoms with Gasteiger partial charge in [0.05, 0.1) is 6.26 Å². The van der Waals surface area contributed by atoms with Crippen molar-refractivity contribution in [3.63, 3.8) is 0 Å². The van der Waals surface area contributed by atoms with Crippen LogP contribution in [-0.4, -0.2) is 43.5 Å². The summed E-state index contributed by atoms with van der Waals surface area (Å²) in [7, 11) is -3.30. The molecule has 0 aliphatic rings. The zero-order valence-corrected chi connectivity index (χ0v) is 13.2. The second kappa shape index (κ2) is 6.37. The lowest BCUT2D eigenvalue weighted by atomic mass is 10.1. The first kappa shape index (κ1) is 16.7. The molecule has 0 bridgehead atoms. The van der Waals surface area contributed by atoms with Crippen LogP contribution in [0.4, 0.5) is 0 Å². The van der Waals surface area contributed by atoms with Gasteiger partial charge in [-0.3, -0.25) is 4.79 Å². The van der Waals surface area contributed by atoms with Crippen LogP contribution in [0.15, 0.2) is 30.3 Å². The van der Waals surface area contributed by atoms with Gasteiger partial charge >= 0.3 is 0 Å². The average Bonchev–Trinajstić information content (AvgIpc) is 2.32. The Morgan fingerprint density at radius 3 is 2.20 bits per heavy atom. The molecule has 0 aliphatic carbocycles. The third-order valence-corrected chi connectivity index (χ3v) is 4.32. The van der Waals surface area contributed by atoms with Crippen molar-refractivity contribution < 1.29 is 13.2 Å². The molecule has 0 saturated carbocycles. The highest BCUT2D eigenvalue weighted by Crippen LogP contribution is 2.16. The van der Waals surface area contributed by atoms with E-state index in [-0.39, 0.29) is 19.0 Å². The van der Waals surface area contributed by atoms with E-state index in [0.29, 0.717) is 5.56 Å². The molecule has 1 aromatic carbocycles. The lowest BCUT2D eigenvalue weighted by Crippen LogP contribution is -2.48. The molecule has 112 valence electrons. The summed E-state index contributed by atoms with van der Waals surface area (Å²) in [4.78, 5) is 11.8. The van der Waals surface area contributed by atoms with Crippen molar-refractivity contribution in [1.82, 2.24) is 9.62 Å². The van der Waals surface area contributed by atoms with E-state index in [4.69, 9.17) is 0 Å². The third-order valence-electron chi connectivity index (χ3n) is 2.78. The van der Waals surface area contributed by atoms with Gasteiger partial charge in [-0.2, -0.15) is 4.31 Å². The minimum atomic E-state index is -3.30. The fourth-order valence-electron chi connectivity index (χ4n) is 1.96. The fraction of sp³-hybridized carbons (Fsp3) is 0.500. The predicted octanol–water partition coefficient (Wildman–Crippen LogP) is 1.48. The van der Waals surface area contributed by atoms with Crippen molar-refractivity contribution in [3.05, 3.63) is 35.9 Å². The highest BCUT2D eigenvalue weighted by molar-refractivity contribution is 7.88. The van der Waals surface area contributed by atoms with E-state index < -0.39 is 15.6 Å². The molecular weight excluding hydrogens is 276 g/mol.